The lowest BCUT2D eigenvalue weighted by atomic mass is 9.89. The Hall–Kier alpha value is -9.27. The first kappa shape index (κ1) is 44.0. The molecule has 8 aromatic carbocycles. The molecular weight excluding hydrogens is 917 g/mol. The van der Waals surface area contributed by atoms with E-state index in [2.05, 4.69) is 16.0 Å². The summed E-state index contributed by atoms with van der Waals surface area (Å²) in [5.41, 5.74) is 4.20. The van der Waals surface area contributed by atoms with Gasteiger partial charge in [0.05, 0.1) is 67.6 Å². The zero-order chi connectivity index (χ0) is 49.3. The van der Waals surface area contributed by atoms with E-state index in [-0.39, 0.29) is 22.5 Å². The first-order chi connectivity index (χ1) is 34.9. The van der Waals surface area contributed by atoms with Crippen LogP contribution in [0.4, 0.5) is 26.3 Å². The van der Waals surface area contributed by atoms with Gasteiger partial charge in [0.15, 0.2) is 0 Å². The van der Waals surface area contributed by atoms with Gasteiger partial charge < -0.3 is 9.13 Å². The van der Waals surface area contributed by atoms with Crippen molar-refractivity contribution < 1.29 is 26.3 Å². The average molecular weight is 952 g/mol. The van der Waals surface area contributed by atoms with Crippen molar-refractivity contribution in [2.75, 3.05) is 0 Å². The second kappa shape index (κ2) is 17.0. The molecule has 346 valence electrons. The van der Waals surface area contributed by atoms with Crippen molar-refractivity contribution in [2.24, 2.45) is 0 Å². The number of hydrogen-bond donors (Lipinski definition) is 0. The van der Waals surface area contributed by atoms with Crippen LogP contribution in [0.1, 0.15) is 16.7 Å². The van der Waals surface area contributed by atoms with Crippen molar-refractivity contribution in [1.82, 2.24) is 19.1 Å². The minimum Gasteiger partial charge on any atom is -0.308 e. The molecule has 0 bridgehead atoms. The van der Waals surface area contributed by atoms with E-state index in [9.17, 15) is 5.26 Å². The van der Waals surface area contributed by atoms with Crippen LogP contribution in [0.2, 0.25) is 0 Å². The van der Waals surface area contributed by atoms with Crippen molar-refractivity contribution >= 4 is 43.6 Å². The highest BCUT2D eigenvalue weighted by atomic mass is 19.4. The fraction of sp³-hybridized carbons (Fsp3) is 0.0328. The monoisotopic (exact) mass is 951 g/mol. The molecule has 0 aliphatic carbocycles. The molecule has 72 heavy (non-hydrogen) atoms. The van der Waals surface area contributed by atoms with Crippen LogP contribution in [0.25, 0.3) is 111 Å². The Bertz CT molecular complexity index is 3890. The molecule has 0 amide bonds. The Kier molecular flexibility index (Phi) is 10.4. The molecule has 4 aromatic heterocycles. The van der Waals surface area contributed by atoms with Gasteiger partial charge in [0.2, 0.25) is 0 Å². The van der Waals surface area contributed by atoms with E-state index in [1.165, 1.54) is 12.1 Å². The van der Waals surface area contributed by atoms with E-state index < -0.39 is 29.0 Å². The maximum absolute atomic E-state index is 15.7. The molecule has 0 N–H and O–H groups in total. The maximum Gasteiger partial charge on any atom is 0.417 e. The SMILES string of the molecule is N#Cc1cc(-n2c3ccccc3c3cc(-c4ccnc(-c5ccccc5)c4)ccc32)c(-c2c(C(F)(F)F)cccc2C(F)(F)F)c(-n2c3ccccc3c3cc(-c4ccnc(-c5ccccc5)c4)ccc32)c1. The molecule has 0 saturated carbocycles. The van der Waals surface area contributed by atoms with E-state index in [0.717, 1.165) is 50.8 Å². The third-order valence-electron chi connectivity index (χ3n) is 13.3. The summed E-state index contributed by atoms with van der Waals surface area (Å²) in [5, 5.41) is 13.6. The maximum atomic E-state index is 15.7. The molecule has 4 heterocycles. The van der Waals surface area contributed by atoms with Crippen molar-refractivity contribution in [3.8, 4) is 73.3 Å². The summed E-state index contributed by atoms with van der Waals surface area (Å²) in [7, 11) is 0. The van der Waals surface area contributed by atoms with Crippen LogP contribution in [0.3, 0.4) is 0 Å². The van der Waals surface area contributed by atoms with Crippen LogP contribution in [-0.2, 0) is 12.4 Å². The third-order valence-corrected chi connectivity index (χ3v) is 13.3. The van der Waals surface area contributed by atoms with Crippen molar-refractivity contribution in [3.63, 3.8) is 0 Å². The summed E-state index contributed by atoms with van der Waals surface area (Å²) in [4.78, 5) is 9.20. The van der Waals surface area contributed by atoms with Crippen LogP contribution < -0.4 is 0 Å². The number of nitriles is 1. The summed E-state index contributed by atoms with van der Waals surface area (Å²) in [6, 6.07) is 60.1. The van der Waals surface area contributed by atoms with E-state index in [4.69, 9.17) is 0 Å². The van der Waals surface area contributed by atoms with Gasteiger partial charge in [0, 0.05) is 56.2 Å². The number of nitrogens with zero attached hydrogens (tertiary/aromatic N) is 5. The lowest BCUT2D eigenvalue weighted by Gasteiger charge is -2.25. The van der Waals surface area contributed by atoms with Crippen molar-refractivity contribution in [1.29, 1.82) is 5.26 Å². The van der Waals surface area contributed by atoms with Gasteiger partial charge >= 0.3 is 12.4 Å². The number of aromatic nitrogens is 4. The van der Waals surface area contributed by atoms with Gasteiger partial charge in [0.1, 0.15) is 0 Å². The molecule has 5 nitrogen and oxygen atoms in total. The molecule has 0 spiro atoms. The van der Waals surface area contributed by atoms with Crippen LogP contribution in [-0.4, -0.2) is 19.1 Å². The fourth-order valence-corrected chi connectivity index (χ4v) is 10.2. The number of fused-ring (bicyclic) bond motifs is 6. The van der Waals surface area contributed by atoms with Crippen LogP contribution in [0.15, 0.2) is 213 Å². The van der Waals surface area contributed by atoms with Gasteiger partial charge in [-0.1, -0.05) is 115 Å². The van der Waals surface area contributed by atoms with Crippen LogP contribution in [0.5, 0.6) is 0 Å². The Labute approximate surface area is 407 Å². The Morgan fingerprint density at radius 3 is 1.19 bits per heavy atom. The summed E-state index contributed by atoms with van der Waals surface area (Å²) in [5.74, 6) is 0. The molecule has 11 heteroatoms. The molecular formula is C61H35F6N5. The molecule has 0 saturated heterocycles. The molecule has 0 radical (unpaired) electrons. The predicted octanol–water partition coefficient (Wildman–Crippen LogP) is 16.9. The number of para-hydroxylation sites is 2. The first-order valence-corrected chi connectivity index (χ1v) is 22.9. The Balaban J connectivity index is 1.17. The fourth-order valence-electron chi connectivity index (χ4n) is 10.2. The first-order valence-electron chi connectivity index (χ1n) is 22.9. The highest BCUT2D eigenvalue weighted by Crippen LogP contribution is 2.51. The number of pyridine rings is 2. The molecule has 0 aliphatic heterocycles. The molecule has 0 atom stereocenters. The van der Waals surface area contributed by atoms with Gasteiger partial charge in [-0.2, -0.15) is 31.6 Å². The lowest BCUT2D eigenvalue weighted by Crippen LogP contribution is -2.16. The molecule has 0 unspecified atom stereocenters. The second-order valence-electron chi connectivity index (χ2n) is 17.5. The highest BCUT2D eigenvalue weighted by Gasteiger charge is 2.43. The molecule has 0 fully saturated rings. The number of alkyl halides is 6. The number of benzene rings is 8. The summed E-state index contributed by atoms with van der Waals surface area (Å²) in [6.45, 7) is 0. The number of rotatable bonds is 7. The van der Waals surface area contributed by atoms with Gasteiger partial charge in [0.25, 0.3) is 0 Å². The van der Waals surface area contributed by atoms with E-state index in [0.29, 0.717) is 55.7 Å². The standard InChI is InChI=1S/C61H35F6N5/c62-60(63,64)48-18-11-19-49(61(65,66)67)58(48)59-56(71-52-20-9-7-16-44(52)46-32-40(22-24-54(46)71)42-26-28-69-50(34-42)38-12-3-1-4-13-38)30-37(36-68)31-57(59)72-53-21-10-8-17-45(53)47-33-41(23-25-55(47)72)43-27-29-70-51(35-43)39-14-5-2-6-15-39/h1-35H. The average Bonchev–Trinajstić information content (AvgIpc) is 3.92. The van der Waals surface area contributed by atoms with Gasteiger partial charge in [-0.15, -0.1) is 0 Å². The van der Waals surface area contributed by atoms with Gasteiger partial charge in [-0.3, -0.25) is 9.97 Å². The minimum absolute atomic E-state index is 0.0161. The molecule has 12 rings (SSSR count). The lowest BCUT2D eigenvalue weighted by molar-refractivity contribution is -0.142. The quantitative estimate of drug-likeness (QED) is 0.150. The summed E-state index contributed by atoms with van der Waals surface area (Å²) < 4.78 is 97.3. The van der Waals surface area contributed by atoms with E-state index in [1.807, 2.05) is 146 Å². The molecule has 0 aliphatic rings. The summed E-state index contributed by atoms with van der Waals surface area (Å²) in [6.07, 6.45) is -7.04. The van der Waals surface area contributed by atoms with Crippen LogP contribution >= 0.6 is 0 Å². The number of halogens is 6. The highest BCUT2D eigenvalue weighted by molar-refractivity contribution is 6.13. The van der Waals surface area contributed by atoms with Crippen molar-refractivity contribution in [3.05, 3.63) is 229 Å². The Morgan fingerprint density at radius 2 is 0.764 bits per heavy atom. The summed E-state index contributed by atoms with van der Waals surface area (Å²) >= 11 is 0. The predicted molar refractivity (Wildman–Crippen MR) is 273 cm³/mol. The van der Waals surface area contributed by atoms with E-state index in [1.54, 1.807) is 45.8 Å². The minimum atomic E-state index is -5.24. The molecule has 12 aromatic rings. The van der Waals surface area contributed by atoms with Gasteiger partial charge in [-0.05, 0) is 107 Å². The number of hydrogen-bond acceptors (Lipinski definition) is 3. The van der Waals surface area contributed by atoms with E-state index >= 15 is 26.3 Å². The third kappa shape index (κ3) is 7.43. The normalized spacial score (nSPS) is 12.0. The second-order valence-corrected chi connectivity index (χ2v) is 17.5. The van der Waals surface area contributed by atoms with Crippen molar-refractivity contribution in [2.45, 2.75) is 12.4 Å². The Morgan fingerprint density at radius 1 is 0.361 bits per heavy atom. The van der Waals surface area contributed by atoms with Crippen LogP contribution in [0, 0.1) is 11.3 Å². The zero-order valence-electron chi connectivity index (χ0n) is 37.7. The zero-order valence-corrected chi connectivity index (χ0v) is 37.7. The largest absolute Gasteiger partial charge is 0.417 e. The smallest absolute Gasteiger partial charge is 0.308 e. The van der Waals surface area contributed by atoms with Gasteiger partial charge in [-0.25, -0.2) is 0 Å². The topological polar surface area (TPSA) is 59.4 Å².